The number of hydrogen-bond donors (Lipinski definition) is 1. The monoisotopic (exact) mass is 278 g/mol. The SMILES string of the molecule is CNC1CCCN(Cc2noc(-c3ccsc3)n2)C1. The first kappa shape index (κ1) is 12.8. The van der Waals surface area contributed by atoms with E-state index in [2.05, 4.69) is 20.4 Å². The van der Waals surface area contributed by atoms with Crippen LogP contribution >= 0.6 is 11.3 Å². The lowest BCUT2D eigenvalue weighted by Gasteiger charge is -2.31. The van der Waals surface area contributed by atoms with Gasteiger partial charge in [-0.1, -0.05) is 5.16 Å². The zero-order valence-electron chi connectivity index (χ0n) is 11.0. The molecular formula is C13H18N4OS. The van der Waals surface area contributed by atoms with Crippen molar-refractivity contribution >= 4 is 11.3 Å². The second-order valence-corrected chi connectivity index (χ2v) is 5.67. The van der Waals surface area contributed by atoms with Gasteiger partial charge >= 0.3 is 0 Å². The summed E-state index contributed by atoms with van der Waals surface area (Å²) in [6, 6.07) is 2.58. The van der Waals surface area contributed by atoms with Crippen molar-refractivity contribution in [3.8, 4) is 11.5 Å². The fourth-order valence-electron chi connectivity index (χ4n) is 2.46. The predicted molar refractivity (Wildman–Crippen MR) is 75.0 cm³/mol. The molecule has 0 spiro atoms. The van der Waals surface area contributed by atoms with Gasteiger partial charge < -0.3 is 9.84 Å². The van der Waals surface area contributed by atoms with E-state index in [1.165, 1.54) is 12.8 Å². The van der Waals surface area contributed by atoms with E-state index in [1.54, 1.807) is 11.3 Å². The van der Waals surface area contributed by atoms with Crippen LogP contribution in [0.1, 0.15) is 18.7 Å². The summed E-state index contributed by atoms with van der Waals surface area (Å²) in [5.41, 5.74) is 1.01. The van der Waals surface area contributed by atoms with Crippen molar-refractivity contribution in [1.29, 1.82) is 0 Å². The maximum atomic E-state index is 5.31. The average Bonchev–Trinajstić information content (AvgIpc) is 3.09. The molecule has 19 heavy (non-hydrogen) atoms. The molecule has 1 saturated heterocycles. The van der Waals surface area contributed by atoms with Gasteiger partial charge in [-0.25, -0.2) is 0 Å². The van der Waals surface area contributed by atoms with Crippen molar-refractivity contribution in [2.45, 2.75) is 25.4 Å². The molecule has 3 rings (SSSR count). The Balaban J connectivity index is 1.64. The van der Waals surface area contributed by atoms with E-state index in [0.29, 0.717) is 11.9 Å². The molecule has 1 atom stereocenters. The molecule has 1 N–H and O–H groups in total. The van der Waals surface area contributed by atoms with Crippen LogP contribution in [0.4, 0.5) is 0 Å². The second kappa shape index (κ2) is 5.81. The minimum atomic E-state index is 0.581. The van der Waals surface area contributed by atoms with Crippen LogP contribution in [0.3, 0.4) is 0 Å². The molecule has 1 aliphatic rings. The summed E-state index contributed by atoms with van der Waals surface area (Å²) in [5, 5.41) is 11.5. The van der Waals surface area contributed by atoms with Crippen molar-refractivity contribution in [1.82, 2.24) is 20.4 Å². The molecule has 3 heterocycles. The van der Waals surface area contributed by atoms with Crippen molar-refractivity contribution in [3.63, 3.8) is 0 Å². The molecule has 5 nitrogen and oxygen atoms in total. The van der Waals surface area contributed by atoms with E-state index in [1.807, 2.05) is 23.9 Å². The van der Waals surface area contributed by atoms with Crippen LogP contribution in [-0.4, -0.2) is 41.2 Å². The molecule has 2 aromatic heterocycles. The van der Waals surface area contributed by atoms with Crippen LogP contribution in [0, 0.1) is 0 Å². The van der Waals surface area contributed by atoms with Gasteiger partial charge in [-0.15, -0.1) is 0 Å². The smallest absolute Gasteiger partial charge is 0.258 e. The Kier molecular flexibility index (Phi) is 3.91. The van der Waals surface area contributed by atoms with Gasteiger partial charge in [0.15, 0.2) is 5.82 Å². The van der Waals surface area contributed by atoms with Crippen LogP contribution in [0.5, 0.6) is 0 Å². The Hall–Kier alpha value is -1.24. The van der Waals surface area contributed by atoms with E-state index < -0.39 is 0 Å². The lowest BCUT2D eigenvalue weighted by molar-refractivity contribution is 0.182. The second-order valence-electron chi connectivity index (χ2n) is 4.89. The summed E-state index contributed by atoms with van der Waals surface area (Å²) in [6.07, 6.45) is 2.47. The van der Waals surface area contributed by atoms with Crippen LogP contribution in [0.25, 0.3) is 11.5 Å². The largest absolute Gasteiger partial charge is 0.334 e. The molecule has 0 radical (unpaired) electrons. The highest BCUT2D eigenvalue weighted by Crippen LogP contribution is 2.20. The van der Waals surface area contributed by atoms with Gasteiger partial charge in [-0.05, 0) is 37.9 Å². The van der Waals surface area contributed by atoms with Crippen molar-refractivity contribution in [2.24, 2.45) is 0 Å². The minimum Gasteiger partial charge on any atom is -0.334 e. The molecule has 1 unspecified atom stereocenters. The fourth-order valence-corrected chi connectivity index (χ4v) is 3.09. The number of rotatable bonds is 4. The van der Waals surface area contributed by atoms with Gasteiger partial charge in [0, 0.05) is 18.0 Å². The van der Waals surface area contributed by atoms with E-state index in [0.717, 1.165) is 31.0 Å². The number of likely N-dealkylation sites (tertiary alicyclic amines) is 1. The van der Waals surface area contributed by atoms with E-state index >= 15 is 0 Å². The number of nitrogens with zero attached hydrogens (tertiary/aromatic N) is 3. The molecule has 1 aliphatic heterocycles. The quantitative estimate of drug-likeness (QED) is 0.927. The number of aromatic nitrogens is 2. The number of likely N-dealkylation sites (N-methyl/N-ethyl adjacent to an activating group) is 1. The van der Waals surface area contributed by atoms with Gasteiger partial charge in [0.05, 0.1) is 12.1 Å². The summed E-state index contributed by atoms with van der Waals surface area (Å²) in [6.45, 7) is 2.94. The van der Waals surface area contributed by atoms with Crippen molar-refractivity contribution < 1.29 is 4.52 Å². The van der Waals surface area contributed by atoms with Gasteiger partial charge in [0.1, 0.15) is 0 Å². The highest BCUT2D eigenvalue weighted by molar-refractivity contribution is 7.08. The molecule has 2 aromatic rings. The Bertz CT molecular complexity index is 510. The maximum Gasteiger partial charge on any atom is 0.258 e. The van der Waals surface area contributed by atoms with Crippen molar-refractivity contribution in [3.05, 3.63) is 22.7 Å². The third-order valence-electron chi connectivity index (χ3n) is 3.52. The number of piperidine rings is 1. The lowest BCUT2D eigenvalue weighted by atomic mass is 10.1. The first-order chi connectivity index (χ1) is 9.35. The highest BCUT2D eigenvalue weighted by atomic mass is 32.1. The lowest BCUT2D eigenvalue weighted by Crippen LogP contribution is -2.44. The number of hydrogen-bond acceptors (Lipinski definition) is 6. The van der Waals surface area contributed by atoms with Gasteiger partial charge in [0.2, 0.25) is 0 Å². The Morgan fingerprint density at radius 3 is 3.32 bits per heavy atom. The first-order valence-corrected chi connectivity index (χ1v) is 7.54. The van der Waals surface area contributed by atoms with Crippen LogP contribution in [0.2, 0.25) is 0 Å². The highest BCUT2D eigenvalue weighted by Gasteiger charge is 2.20. The fraction of sp³-hybridized carbons (Fsp3) is 0.538. The normalized spacial score (nSPS) is 20.8. The molecule has 0 bridgehead atoms. The topological polar surface area (TPSA) is 54.2 Å². The summed E-state index contributed by atoms with van der Waals surface area (Å²) in [5.74, 6) is 1.40. The molecule has 102 valence electrons. The molecule has 0 aliphatic carbocycles. The maximum absolute atomic E-state index is 5.31. The third kappa shape index (κ3) is 3.02. The third-order valence-corrected chi connectivity index (χ3v) is 4.20. The standard InChI is InChI=1S/C13H18N4OS/c1-14-11-3-2-5-17(7-11)8-12-15-13(18-16-12)10-4-6-19-9-10/h4,6,9,11,14H,2-3,5,7-8H2,1H3. The molecule has 0 amide bonds. The Labute approximate surface area is 116 Å². The van der Waals surface area contributed by atoms with Gasteiger partial charge in [-0.3, -0.25) is 4.90 Å². The van der Waals surface area contributed by atoms with E-state index in [4.69, 9.17) is 4.52 Å². The van der Waals surface area contributed by atoms with E-state index in [-0.39, 0.29) is 0 Å². The molecule has 0 aromatic carbocycles. The zero-order valence-corrected chi connectivity index (χ0v) is 11.8. The summed E-state index contributed by atoms with van der Waals surface area (Å²) in [7, 11) is 2.02. The molecule has 6 heteroatoms. The summed E-state index contributed by atoms with van der Waals surface area (Å²) in [4.78, 5) is 6.85. The molecular weight excluding hydrogens is 260 g/mol. The number of nitrogens with one attached hydrogen (secondary N) is 1. The van der Waals surface area contributed by atoms with Gasteiger partial charge in [0.25, 0.3) is 5.89 Å². The summed E-state index contributed by atoms with van der Waals surface area (Å²) < 4.78 is 5.31. The predicted octanol–water partition coefficient (Wildman–Crippen LogP) is 1.98. The van der Waals surface area contributed by atoms with Crippen molar-refractivity contribution in [2.75, 3.05) is 20.1 Å². The minimum absolute atomic E-state index is 0.581. The van der Waals surface area contributed by atoms with Gasteiger partial charge in [-0.2, -0.15) is 16.3 Å². The number of thiophene rings is 1. The van der Waals surface area contributed by atoms with Crippen LogP contribution in [0.15, 0.2) is 21.3 Å². The molecule has 0 saturated carbocycles. The van der Waals surface area contributed by atoms with Crippen LogP contribution in [-0.2, 0) is 6.54 Å². The summed E-state index contributed by atoms with van der Waals surface area (Å²) >= 11 is 1.64. The van der Waals surface area contributed by atoms with Crippen LogP contribution < -0.4 is 5.32 Å². The Morgan fingerprint density at radius 1 is 1.58 bits per heavy atom. The Morgan fingerprint density at radius 2 is 2.53 bits per heavy atom. The van der Waals surface area contributed by atoms with E-state index in [9.17, 15) is 0 Å². The zero-order chi connectivity index (χ0) is 13.1. The first-order valence-electron chi connectivity index (χ1n) is 6.60. The molecule has 1 fully saturated rings. The average molecular weight is 278 g/mol.